The van der Waals surface area contributed by atoms with Crippen molar-refractivity contribution >= 4 is 35.3 Å². The number of carbonyl (C=O) groups excluding carboxylic acids is 2. The lowest BCUT2D eigenvalue weighted by molar-refractivity contribution is -0.112. The molecule has 0 aromatic heterocycles. The molecule has 0 radical (unpaired) electrons. The Morgan fingerprint density at radius 1 is 0.595 bits per heavy atom. The number of anilines is 2. The molecule has 6 heteroatoms. The standard InChI is InChI=1S/C31H26N2O4/c34-28-20-24(11-15-26(28)32-30(36)17-13-22-7-3-1-4-8-22)19-25-12-16-27(29(35)21-25)33-31(37)18-14-23-9-5-2-6-10-23/h1-18,20-21,34-35H,19H2,(H,32,36)(H,33,37). The summed E-state index contributed by atoms with van der Waals surface area (Å²) in [4.78, 5) is 24.4. The number of carbonyl (C=O) groups is 2. The second kappa shape index (κ2) is 12.0. The van der Waals surface area contributed by atoms with Crippen LogP contribution in [-0.2, 0) is 16.0 Å². The van der Waals surface area contributed by atoms with Gasteiger partial charge in [-0.05, 0) is 65.1 Å². The van der Waals surface area contributed by atoms with Crippen molar-refractivity contribution < 1.29 is 19.8 Å². The Kier molecular flexibility index (Phi) is 8.14. The maximum absolute atomic E-state index is 12.2. The fourth-order valence-electron chi connectivity index (χ4n) is 3.64. The van der Waals surface area contributed by atoms with Gasteiger partial charge in [-0.2, -0.15) is 0 Å². The molecule has 0 saturated heterocycles. The zero-order valence-corrected chi connectivity index (χ0v) is 20.0. The van der Waals surface area contributed by atoms with Crippen molar-refractivity contribution in [3.8, 4) is 11.5 Å². The first-order chi connectivity index (χ1) is 18.0. The summed E-state index contributed by atoms with van der Waals surface area (Å²) in [5.41, 5.74) is 3.98. The third-order valence-electron chi connectivity index (χ3n) is 5.50. The highest BCUT2D eigenvalue weighted by molar-refractivity contribution is 6.03. The third kappa shape index (κ3) is 7.44. The van der Waals surface area contributed by atoms with Crippen LogP contribution >= 0.6 is 0 Å². The maximum atomic E-state index is 12.2. The zero-order chi connectivity index (χ0) is 26.0. The van der Waals surface area contributed by atoms with E-state index in [-0.39, 0.29) is 23.3 Å². The summed E-state index contributed by atoms with van der Waals surface area (Å²) in [5, 5.41) is 26.1. The molecule has 0 aliphatic rings. The van der Waals surface area contributed by atoms with Gasteiger partial charge in [0.15, 0.2) is 0 Å². The van der Waals surface area contributed by atoms with Crippen molar-refractivity contribution in [3.05, 3.63) is 131 Å². The highest BCUT2D eigenvalue weighted by atomic mass is 16.3. The molecule has 4 aromatic rings. The number of amides is 2. The molecule has 184 valence electrons. The van der Waals surface area contributed by atoms with Gasteiger partial charge in [-0.1, -0.05) is 72.8 Å². The predicted octanol–water partition coefficient (Wildman–Crippen LogP) is 5.99. The zero-order valence-electron chi connectivity index (χ0n) is 20.0. The highest BCUT2D eigenvalue weighted by Gasteiger charge is 2.09. The van der Waals surface area contributed by atoms with Crippen LogP contribution in [0, 0.1) is 0 Å². The lowest BCUT2D eigenvalue weighted by atomic mass is 10.0. The molecule has 0 bridgehead atoms. The normalized spacial score (nSPS) is 11.0. The minimum atomic E-state index is -0.354. The highest BCUT2D eigenvalue weighted by Crippen LogP contribution is 2.28. The first-order valence-corrected chi connectivity index (χ1v) is 11.7. The second-order valence-electron chi connectivity index (χ2n) is 8.35. The molecule has 4 N–H and O–H groups in total. The molecule has 4 aromatic carbocycles. The molecular weight excluding hydrogens is 464 g/mol. The van der Waals surface area contributed by atoms with Crippen LogP contribution in [0.2, 0.25) is 0 Å². The Bertz CT molecular complexity index is 1330. The predicted molar refractivity (Wildman–Crippen MR) is 147 cm³/mol. The summed E-state index contributed by atoms with van der Waals surface area (Å²) < 4.78 is 0. The first kappa shape index (κ1) is 25.0. The number of benzene rings is 4. The van der Waals surface area contributed by atoms with Crippen molar-refractivity contribution in [2.24, 2.45) is 0 Å². The molecule has 0 atom stereocenters. The first-order valence-electron chi connectivity index (χ1n) is 11.7. The van der Waals surface area contributed by atoms with E-state index in [1.54, 1.807) is 48.6 Å². The summed E-state index contributed by atoms with van der Waals surface area (Å²) >= 11 is 0. The van der Waals surface area contributed by atoms with Crippen molar-refractivity contribution in [2.45, 2.75) is 6.42 Å². The van der Waals surface area contributed by atoms with Gasteiger partial charge in [0.05, 0.1) is 11.4 Å². The SMILES string of the molecule is O=C(C=Cc1ccccc1)Nc1ccc(Cc2ccc(NC(=O)C=Cc3ccccc3)c(O)c2)cc1O. The summed E-state index contributed by atoms with van der Waals surface area (Å²) in [6, 6.07) is 28.9. The summed E-state index contributed by atoms with van der Waals surface area (Å²) in [6.45, 7) is 0. The van der Waals surface area contributed by atoms with Gasteiger partial charge in [-0.3, -0.25) is 9.59 Å². The van der Waals surface area contributed by atoms with Crippen LogP contribution in [0.4, 0.5) is 11.4 Å². The number of hydrogen-bond acceptors (Lipinski definition) is 4. The van der Waals surface area contributed by atoms with Crippen LogP contribution in [0.15, 0.2) is 109 Å². The van der Waals surface area contributed by atoms with E-state index in [1.165, 1.54) is 12.2 Å². The molecule has 0 saturated carbocycles. The Morgan fingerprint density at radius 3 is 1.38 bits per heavy atom. The molecule has 2 amide bonds. The van der Waals surface area contributed by atoms with Crippen LogP contribution in [-0.4, -0.2) is 22.0 Å². The van der Waals surface area contributed by atoms with E-state index in [1.807, 2.05) is 60.7 Å². The Hall–Kier alpha value is -5.10. The molecule has 0 aliphatic carbocycles. The van der Waals surface area contributed by atoms with Gasteiger partial charge in [0.25, 0.3) is 0 Å². The van der Waals surface area contributed by atoms with Crippen molar-refractivity contribution in [1.29, 1.82) is 0 Å². The Balaban J connectivity index is 1.35. The average molecular weight is 491 g/mol. The van der Waals surface area contributed by atoms with E-state index < -0.39 is 0 Å². The quantitative estimate of drug-likeness (QED) is 0.180. The lowest BCUT2D eigenvalue weighted by Crippen LogP contribution is -2.08. The molecule has 0 fully saturated rings. The van der Waals surface area contributed by atoms with Gasteiger partial charge in [-0.15, -0.1) is 0 Å². The minimum Gasteiger partial charge on any atom is -0.506 e. The van der Waals surface area contributed by atoms with E-state index in [4.69, 9.17) is 0 Å². The molecule has 0 heterocycles. The largest absolute Gasteiger partial charge is 0.506 e. The summed E-state index contributed by atoms with van der Waals surface area (Å²) in [7, 11) is 0. The lowest BCUT2D eigenvalue weighted by Gasteiger charge is -2.10. The minimum absolute atomic E-state index is 0.0581. The van der Waals surface area contributed by atoms with E-state index in [0.717, 1.165) is 22.3 Å². The van der Waals surface area contributed by atoms with E-state index in [9.17, 15) is 19.8 Å². The van der Waals surface area contributed by atoms with Crippen molar-refractivity contribution in [1.82, 2.24) is 0 Å². The number of hydrogen-bond donors (Lipinski definition) is 4. The van der Waals surface area contributed by atoms with Gasteiger partial charge < -0.3 is 20.8 Å². The Morgan fingerprint density at radius 2 is 1.00 bits per heavy atom. The van der Waals surface area contributed by atoms with Crippen molar-refractivity contribution in [2.75, 3.05) is 10.6 Å². The summed E-state index contributed by atoms with van der Waals surface area (Å²) in [5.74, 6) is -0.823. The number of nitrogens with one attached hydrogen (secondary N) is 2. The number of phenols is 2. The molecule has 0 unspecified atom stereocenters. The van der Waals surface area contributed by atoms with Gasteiger partial charge in [0, 0.05) is 12.2 Å². The number of phenolic OH excluding ortho intramolecular Hbond substituents is 2. The second-order valence-corrected chi connectivity index (χ2v) is 8.35. The van der Waals surface area contributed by atoms with Crippen LogP contribution in [0.3, 0.4) is 0 Å². The van der Waals surface area contributed by atoms with Crippen LogP contribution in [0.25, 0.3) is 12.2 Å². The maximum Gasteiger partial charge on any atom is 0.248 e. The van der Waals surface area contributed by atoms with E-state index in [0.29, 0.717) is 17.8 Å². The average Bonchev–Trinajstić information content (AvgIpc) is 2.91. The molecule has 4 rings (SSSR count). The van der Waals surface area contributed by atoms with Crippen LogP contribution in [0.5, 0.6) is 11.5 Å². The third-order valence-corrected chi connectivity index (χ3v) is 5.50. The number of rotatable bonds is 8. The molecular formula is C31H26N2O4. The monoisotopic (exact) mass is 490 g/mol. The molecule has 0 spiro atoms. The fraction of sp³-hybridized carbons (Fsp3) is 0.0323. The van der Waals surface area contributed by atoms with Gasteiger partial charge in [-0.25, -0.2) is 0 Å². The molecule has 0 aliphatic heterocycles. The van der Waals surface area contributed by atoms with E-state index in [2.05, 4.69) is 10.6 Å². The molecule has 6 nitrogen and oxygen atoms in total. The van der Waals surface area contributed by atoms with Gasteiger partial charge in [0.1, 0.15) is 11.5 Å². The van der Waals surface area contributed by atoms with Gasteiger partial charge >= 0.3 is 0 Å². The van der Waals surface area contributed by atoms with E-state index >= 15 is 0 Å². The van der Waals surface area contributed by atoms with Crippen LogP contribution in [0.1, 0.15) is 22.3 Å². The fourth-order valence-corrected chi connectivity index (χ4v) is 3.64. The molecule has 37 heavy (non-hydrogen) atoms. The van der Waals surface area contributed by atoms with Gasteiger partial charge in [0.2, 0.25) is 11.8 Å². The smallest absolute Gasteiger partial charge is 0.248 e. The van der Waals surface area contributed by atoms with Crippen LogP contribution < -0.4 is 10.6 Å². The summed E-state index contributed by atoms with van der Waals surface area (Å²) in [6.07, 6.45) is 6.63. The Labute approximate surface area is 215 Å². The van der Waals surface area contributed by atoms with Crippen molar-refractivity contribution in [3.63, 3.8) is 0 Å². The number of aromatic hydroxyl groups is 2. The topological polar surface area (TPSA) is 98.7 Å².